The third-order valence-electron chi connectivity index (χ3n) is 4.95. The number of hydrogen-bond donors (Lipinski definition) is 1. The number of amides is 1. The second-order valence-corrected chi connectivity index (χ2v) is 8.01. The van der Waals surface area contributed by atoms with Crippen LogP contribution in [0.5, 0.6) is 0 Å². The highest BCUT2D eigenvalue weighted by Gasteiger charge is 2.18. The molecule has 0 aliphatic heterocycles. The molecule has 4 heterocycles. The lowest BCUT2D eigenvalue weighted by molar-refractivity contribution is 0.102. The van der Waals surface area contributed by atoms with E-state index in [1.54, 1.807) is 27.0 Å². The number of benzene rings is 1. The Morgan fingerprint density at radius 3 is 2.69 bits per heavy atom. The molecule has 158 valence electrons. The average molecular weight is 442 g/mol. The number of aromatic nitrogens is 6. The minimum absolute atomic E-state index is 0.288. The number of aryl methyl sites for hydroxylation is 1. The molecule has 0 bridgehead atoms. The van der Waals surface area contributed by atoms with Crippen molar-refractivity contribution in [3.8, 4) is 17.1 Å². The Kier molecular flexibility index (Phi) is 5.16. The van der Waals surface area contributed by atoms with Crippen LogP contribution < -0.4 is 5.32 Å². The van der Waals surface area contributed by atoms with Gasteiger partial charge in [-0.3, -0.25) is 4.79 Å². The van der Waals surface area contributed by atoms with Gasteiger partial charge in [0.15, 0.2) is 17.2 Å². The average Bonchev–Trinajstić information content (AvgIpc) is 3.46. The summed E-state index contributed by atoms with van der Waals surface area (Å²) in [6.45, 7) is 1.92. The normalized spacial score (nSPS) is 11.1. The van der Waals surface area contributed by atoms with E-state index in [1.165, 1.54) is 6.33 Å². The standard InChI is InChI=1S/C23H19N7OS/c1-15-4-3-5-22(26-15)30-20(16-6-11-21-24-14-25-29(21)13-16)12-19(28-30)23(31)27-17-7-9-18(32-2)10-8-17/h3-14H,1-2H3,(H,27,31). The van der Waals surface area contributed by atoms with Crippen molar-refractivity contribution >= 4 is 29.0 Å². The fraction of sp³-hybridized carbons (Fsp3) is 0.0870. The summed E-state index contributed by atoms with van der Waals surface area (Å²) in [5.74, 6) is 0.332. The SMILES string of the molecule is CSc1ccc(NC(=O)c2cc(-c3ccc4ncnn4c3)n(-c3cccc(C)n3)n2)cc1. The van der Waals surface area contributed by atoms with E-state index in [9.17, 15) is 4.79 Å². The quantitative estimate of drug-likeness (QED) is 0.410. The van der Waals surface area contributed by atoms with Gasteiger partial charge in [0, 0.05) is 28.0 Å². The maximum Gasteiger partial charge on any atom is 0.276 e. The summed E-state index contributed by atoms with van der Waals surface area (Å²) < 4.78 is 3.36. The zero-order chi connectivity index (χ0) is 22.1. The van der Waals surface area contributed by atoms with Gasteiger partial charge in [-0.05, 0) is 67.8 Å². The molecule has 32 heavy (non-hydrogen) atoms. The molecular formula is C23H19N7OS. The molecule has 0 saturated heterocycles. The molecule has 0 atom stereocenters. The number of nitrogens with one attached hydrogen (secondary N) is 1. The van der Waals surface area contributed by atoms with Gasteiger partial charge in [-0.15, -0.1) is 11.8 Å². The van der Waals surface area contributed by atoms with E-state index < -0.39 is 0 Å². The van der Waals surface area contributed by atoms with Gasteiger partial charge in [-0.2, -0.15) is 10.2 Å². The van der Waals surface area contributed by atoms with Crippen molar-refractivity contribution in [3.63, 3.8) is 0 Å². The molecule has 0 aliphatic rings. The first-order chi connectivity index (χ1) is 15.6. The highest BCUT2D eigenvalue weighted by atomic mass is 32.2. The molecule has 1 amide bonds. The second kappa shape index (κ2) is 8.27. The summed E-state index contributed by atoms with van der Waals surface area (Å²) in [6, 6.07) is 18.9. The van der Waals surface area contributed by atoms with Crippen molar-refractivity contribution in [2.24, 2.45) is 0 Å². The molecule has 1 N–H and O–H groups in total. The van der Waals surface area contributed by atoms with E-state index in [0.29, 0.717) is 11.5 Å². The maximum atomic E-state index is 13.0. The van der Waals surface area contributed by atoms with Gasteiger partial charge in [0.2, 0.25) is 0 Å². The number of nitrogens with zero attached hydrogens (tertiary/aromatic N) is 6. The largest absolute Gasteiger partial charge is 0.321 e. The highest BCUT2D eigenvalue weighted by Crippen LogP contribution is 2.25. The van der Waals surface area contributed by atoms with Crippen molar-refractivity contribution in [2.75, 3.05) is 11.6 Å². The molecule has 1 aromatic carbocycles. The van der Waals surface area contributed by atoms with Crippen LogP contribution in [0.3, 0.4) is 0 Å². The topological polar surface area (TPSA) is 90.0 Å². The molecule has 4 aromatic heterocycles. The molecule has 8 nitrogen and oxygen atoms in total. The van der Waals surface area contributed by atoms with E-state index >= 15 is 0 Å². The Hall–Kier alpha value is -3.98. The van der Waals surface area contributed by atoms with Crippen LogP contribution in [0, 0.1) is 6.92 Å². The molecule has 0 aliphatic carbocycles. The van der Waals surface area contributed by atoms with Crippen molar-refractivity contribution in [1.82, 2.24) is 29.4 Å². The first kappa shape index (κ1) is 20.0. The van der Waals surface area contributed by atoms with Gasteiger partial charge < -0.3 is 5.32 Å². The highest BCUT2D eigenvalue weighted by molar-refractivity contribution is 7.98. The monoisotopic (exact) mass is 441 g/mol. The van der Waals surface area contributed by atoms with Gasteiger partial charge in [0.1, 0.15) is 6.33 Å². The van der Waals surface area contributed by atoms with E-state index in [-0.39, 0.29) is 11.6 Å². The van der Waals surface area contributed by atoms with Crippen molar-refractivity contribution in [1.29, 1.82) is 0 Å². The number of rotatable bonds is 5. The van der Waals surface area contributed by atoms with E-state index in [1.807, 2.05) is 74.0 Å². The molecular weight excluding hydrogens is 422 g/mol. The predicted octanol–water partition coefficient (Wildman–Crippen LogP) is 4.26. The maximum absolute atomic E-state index is 13.0. The number of fused-ring (bicyclic) bond motifs is 1. The van der Waals surface area contributed by atoms with Crippen LogP contribution in [0.15, 0.2) is 78.1 Å². The molecule has 5 rings (SSSR count). The zero-order valence-electron chi connectivity index (χ0n) is 17.4. The van der Waals surface area contributed by atoms with Gasteiger partial charge >= 0.3 is 0 Å². The van der Waals surface area contributed by atoms with Crippen LogP contribution in [-0.4, -0.2) is 41.5 Å². The Bertz CT molecular complexity index is 1420. The summed E-state index contributed by atoms with van der Waals surface area (Å²) in [5, 5.41) is 11.7. The van der Waals surface area contributed by atoms with Crippen LogP contribution in [-0.2, 0) is 0 Å². The van der Waals surface area contributed by atoms with Crippen LogP contribution in [0.4, 0.5) is 5.69 Å². The molecule has 0 unspecified atom stereocenters. The van der Waals surface area contributed by atoms with E-state index in [0.717, 1.165) is 27.5 Å². The Balaban J connectivity index is 1.56. The van der Waals surface area contributed by atoms with E-state index in [2.05, 4.69) is 25.5 Å². The lowest BCUT2D eigenvalue weighted by Crippen LogP contribution is -2.13. The van der Waals surface area contributed by atoms with Gasteiger partial charge in [0.05, 0.1) is 5.69 Å². The molecule has 0 spiro atoms. The lowest BCUT2D eigenvalue weighted by Gasteiger charge is -2.07. The third-order valence-corrected chi connectivity index (χ3v) is 5.69. The van der Waals surface area contributed by atoms with Crippen LogP contribution in [0.1, 0.15) is 16.2 Å². The first-order valence-electron chi connectivity index (χ1n) is 9.90. The Labute approximate surface area is 188 Å². The summed E-state index contributed by atoms with van der Waals surface area (Å²) in [5.41, 5.74) is 4.15. The lowest BCUT2D eigenvalue weighted by atomic mass is 10.2. The van der Waals surface area contributed by atoms with Crippen molar-refractivity contribution in [2.45, 2.75) is 11.8 Å². The van der Waals surface area contributed by atoms with E-state index in [4.69, 9.17) is 0 Å². The summed E-state index contributed by atoms with van der Waals surface area (Å²) in [7, 11) is 0. The van der Waals surface area contributed by atoms with Crippen molar-refractivity contribution < 1.29 is 4.79 Å². The predicted molar refractivity (Wildman–Crippen MR) is 124 cm³/mol. The third kappa shape index (κ3) is 3.85. The fourth-order valence-electron chi connectivity index (χ4n) is 3.36. The van der Waals surface area contributed by atoms with Crippen molar-refractivity contribution in [3.05, 3.63) is 84.6 Å². The number of carbonyl (C=O) groups is 1. The Morgan fingerprint density at radius 2 is 1.91 bits per heavy atom. The number of thioether (sulfide) groups is 1. The Morgan fingerprint density at radius 1 is 1.06 bits per heavy atom. The fourth-order valence-corrected chi connectivity index (χ4v) is 3.77. The summed E-state index contributed by atoms with van der Waals surface area (Å²) >= 11 is 1.65. The smallest absolute Gasteiger partial charge is 0.276 e. The van der Waals surface area contributed by atoms with Crippen LogP contribution in [0.25, 0.3) is 22.7 Å². The molecule has 0 radical (unpaired) electrons. The molecule has 0 saturated carbocycles. The second-order valence-electron chi connectivity index (χ2n) is 7.13. The number of pyridine rings is 2. The summed E-state index contributed by atoms with van der Waals surface area (Å²) in [6.07, 6.45) is 5.37. The van der Waals surface area contributed by atoms with Crippen LogP contribution >= 0.6 is 11.8 Å². The minimum Gasteiger partial charge on any atom is -0.321 e. The zero-order valence-corrected chi connectivity index (χ0v) is 18.2. The molecule has 5 aromatic rings. The minimum atomic E-state index is -0.295. The first-order valence-corrected chi connectivity index (χ1v) is 11.1. The number of hydrogen-bond acceptors (Lipinski definition) is 6. The number of carbonyl (C=O) groups excluding carboxylic acids is 1. The summed E-state index contributed by atoms with van der Waals surface area (Å²) in [4.78, 5) is 22.9. The van der Waals surface area contributed by atoms with Crippen LogP contribution in [0.2, 0.25) is 0 Å². The van der Waals surface area contributed by atoms with Gasteiger partial charge in [-0.1, -0.05) is 6.07 Å². The molecule has 0 fully saturated rings. The molecule has 9 heteroatoms. The van der Waals surface area contributed by atoms with Gasteiger partial charge in [-0.25, -0.2) is 19.2 Å². The van der Waals surface area contributed by atoms with Gasteiger partial charge in [0.25, 0.3) is 5.91 Å². The number of anilines is 1.